The minimum absolute atomic E-state index is 0.197. The van der Waals surface area contributed by atoms with E-state index in [2.05, 4.69) is 10.1 Å². The zero-order valence-corrected chi connectivity index (χ0v) is 9.38. The van der Waals surface area contributed by atoms with E-state index in [0.717, 1.165) is 0 Å². The molecule has 1 amide bonds. The molecule has 0 heterocycles. The highest BCUT2D eigenvalue weighted by Gasteiger charge is 2.20. The fourth-order valence-corrected chi connectivity index (χ4v) is 0.947. The minimum atomic E-state index is -1.21. The van der Waals surface area contributed by atoms with Gasteiger partial charge in [-0.25, -0.2) is 0 Å². The van der Waals surface area contributed by atoms with E-state index >= 15 is 0 Å². The van der Waals surface area contributed by atoms with E-state index in [4.69, 9.17) is 15.9 Å². The van der Waals surface area contributed by atoms with Crippen molar-refractivity contribution < 1.29 is 29.3 Å². The summed E-state index contributed by atoms with van der Waals surface area (Å²) in [6, 6.07) is -2.01. The van der Waals surface area contributed by atoms with Gasteiger partial charge in [0.05, 0.1) is 25.1 Å². The summed E-state index contributed by atoms with van der Waals surface area (Å²) in [7, 11) is 0. The third-order valence-electron chi connectivity index (χ3n) is 1.79. The lowest BCUT2D eigenvalue weighted by Gasteiger charge is -2.18. The fourth-order valence-electron chi connectivity index (χ4n) is 0.947. The second-order valence-corrected chi connectivity index (χ2v) is 3.40. The number of aliphatic hydroxyl groups is 1. The Kier molecular flexibility index (Phi) is 6.83. The van der Waals surface area contributed by atoms with E-state index in [1.165, 1.54) is 6.92 Å². The van der Waals surface area contributed by atoms with Crippen LogP contribution in [-0.2, 0) is 19.1 Å². The minimum Gasteiger partial charge on any atom is -0.481 e. The number of carboxylic acid groups (broad SMARTS) is 1. The summed E-state index contributed by atoms with van der Waals surface area (Å²) in [5, 5.41) is 19.6. The molecule has 0 aliphatic heterocycles. The summed E-state index contributed by atoms with van der Waals surface area (Å²) in [5.41, 5.74) is 5.29. The fraction of sp³-hybridized carbons (Fsp3) is 0.667. The zero-order valence-electron chi connectivity index (χ0n) is 9.38. The predicted octanol–water partition coefficient (Wildman–Crippen LogP) is -2.17. The number of nitrogens with two attached hydrogens (primary N) is 1. The Morgan fingerprint density at radius 1 is 1.41 bits per heavy atom. The molecule has 0 unspecified atom stereocenters. The van der Waals surface area contributed by atoms with Crippen molar-refractivity contribution >= 4 is 17.8 Å². The molecular formula is C9H16N2O6. The van der Waals surface area contributed by atoms with Crippen LogP contribution in [0, 0.1) is 0 Å². The van der Waals surface area contributed by atoms with Crippen LogP contribution < -0.4 is 11.1 Å². The van der Waals surface area contributed by atoms with Gasteiger partial charge in [0.2, 0.25) is 5.91 Å². The van der Waals surface area contributed by atoms with E-state index in [0.29, 0.717) is 0 Å². The molecule has 0 rings (SSSR count). The molecule has 0 bridgehead atoms. The van der Waals surface area contributed by atoms with Gasteiger partial charge in [0.1, 0.15) is 6.61 Å². The van der Waals surface area contributed by atoms with Crippen LogP contribution in [0.3, 0.4) is 0 Å². The van der Waals surface area contributed by atoms with Crippen LogP contribution in [0.15, 0.2) is 0 Å². The van der Waals surface area contributed by atoms with Crippen molar-refractivity contribution in [1.29, 1.82) is 0 Å². The van der Waals surface area contributed by atoms with Gasteiger partial charge in [-0.05, 0) is 0 Å². The first-order valence-electron chi connectivity index (χ1n) is 4.88. The molecule has 0 saturated heterocycles. The number of esters is 1. The van der Waals surface area contributed by atoms with Gasteiger partial charge in [-0.2, -0.15) is 0 Å². The Labute approximate surface area is 97.7 Å². The number of aliphatic hydroxyl groups excluding tert-OH is 1. The SMILES string of the molecule is CC(=O)OC[C@H](CO)NC(=O)[C@H](N)CC(=O)O. The van der Waals surface area contributed by atoms with Gasteiger partial charge in [0.15, 0.2) is 0 Å². The normalized spacial score (nSPS) is 13.6. The number of ether oxygens (including phenoxy) is 1. The highest BCUT2D eigenvalue weighted by molar-refractivity contribution is 5.86. The predicted molar refractivity (Wildman–Crippen MR) is 55.9 cm³/mol. The molecular weight excluding hydrogens is 232 g/mol. The Balaban J connectivity index is 4.13. The van der Waals surface area contributed by atoms with Crippen molar-refractivity contribution in [2.45, 2.75) is 25.4 Å². The Hall–Kier alpha value is -1.67. The highest BCUT2D eigenvalue weighted by atomic mass is 16.5. The van der Waals surface area contributed by atoms with Crippen LogP contribution >= 0.6 is 0 Å². The zero-order chi connectivity index (χ0) is 13.4. The third kappa shape index (κ3) is 7.25. The topological polar surface area (TPSA) is 139 Å². The van der Waals surface area contributed by atoms with Gasteiger partial charge < -0.3 is 26.0 Å². The number of carboxylic acids is 1. The molecule has 8 nitrogen and oxygen atoms in total. The van der Waals surface area contributed by atoms with Crippen LogP contribution in [0.4, 0.5) is 0 Å². The maximum atomic E-state index is 11.3. The summed E-state index contributed by atoms with van der Waals surface area (Å²) < 4.78 is 4.59. The number of carbonyl (C=O) groups is 3. The Morgan fingerprint density at radius 3 is 2.41 bits per heavy atom. The Bertz CT molecular complexity index is 293. The number of amides is 1. The largest absolute Gasteiger partial charge is 0.481 e. The lowest BCUT2D eigenvalue weighted by molar-refractivity contribution is -0.143. The summed E-state index contributed by atoms with van der Waals surface area (Å²) in [6.45, 7) is 0.544. The molecule has 8 heteroatoms. The summed E-state index contributed by atoms with van der Waals surface area (Å²) in [4.78, 5) is 32.2. The summed E-state index contributed by atoms with van der Waals surface area (Å²) >= 11 is 0. The van der Waals surface area contributed by atoms with Crippen molar-refractivity contribution in [2.75, 3.05) is 13.2 Å². The van der Waals surface area contributed by atoms with Crippen molar-refractivity contribution in [1.82, 2.24) is 5.32 Å². The maximum Gasteiger partial charge on any atom is 0.305 e. The van der Waals surface area contributed by atoms with Gasteiger partial charge in [0.25, 0.3) is 0 Å². The Morgan fingerprint density at radius 2 is 2.00 bits per heavy atom. The number of aliphatic carboxylic acids is 1. The molecule has 0 spiro atoms. The second kappa shape index (κ2) is 7.58. The van der Waals surface area contributed by atoms with E-state index in [9.17, 15) is 14.4 Å². The average molecular weight is 248 g/mol. The van der Waals surface area contributed by atoms with Gasteiger partial charge in [-0.3, -0.25) is 14.4 Å². The number of carbonyl (C=O) groups excluding carboxylic acids is 2. The van der Waals surface area contributed by atoms with E-state index in [1.807, 2.05) is 0 Å². The summed E-state index contributed by atoms with van der Waals surface area (Å²) in [5.74, 6) is -2.47. The molecule has 0 aliphatic carbocycles. The smallest absolute Gasteiger partial charge is 0.305 e. The number of hydrogen-bond donors (Lipinski definition) is 4. The number of nitrogens with one attached hydrogen (secondary N) is 1. The molecule has 0 aliphatic rings. The molecule has 0 aromatic rings. The van der Waals surface area contributed by atoms with Crippen LogP contribution in [0.5, 0.6) is 0 Å². The average Bonchev–Trinajstić information content (AvgIpc) is 2.22. The van der Waals surface area contributed by atoms with E-state index < -0.39 is 43.0 Å². The summed E-state index contributed by atoms with van der Waals surface area (Å²) in [6.07, 6.45) is -0.516. The van der Waals surface area contributed by atoms with E-state index in [-0.39, 0.29) is 6.61 Å². The first-order chi connectivity index (χ1) is 7.86. The van der Waals surface area contributed by atoms with Crippen molar-refractivity contribution in [3.8, 4) is 0 Å². The maximum absolute atomic E-state index is 11.3. The van der Waals surface area contributed by atoms with Crippen LogP contribution in [0.25, 0.3) is 0 Å². The first-order valence-corrected chi connectivity index (χ1v) is 4.88. The van der Waals surface area contributed by atoms with Crippen LogP contribution in [0.2, 0.25) is 0 Å². The lowest BCUT2D eigenvalue weighted by Crippen LogP contribution is -2.49. The van der Waals surface area contributed by atoms with Gasteiger partial charge in [-0.15, -0.1) is 0 Å². The quantitative estimate of drug-likeness (QED) is 0.376. The van der Waals surface area contributed by atoms with Crippen molar-refractivity contribution in [3.63, 3.8) is 0 Å². The molecule has 98 valence electrons. The molecule has 0 saturated carbocycles. The second-order valence-electron chi connectivity index (χ2n) is 3.40. The molecule has 17 heavy (non-hydrogen) atoms. The van der Waals surface area contributed by atoms with Crippen LogP contribution in [0.1, 0.15) is 13.3 Å². The monoisotopic (exact) mass is 248 g/mol. The number of rotatable bonds is 7. The molecule has 0 radical (unpaired) electrons. The molecule has 5 N–H and O–H groups in total. The highest BCUT2D eigenvalue weighted by Crippen LogP contribution is 1.92. The van der Waals surface area contributed by atoms with E-state index in [1.54, 1.807) is 0 Å². The third-order valence-corrected chi connectivity index (χ3v) is 1.79. The lowest BCUT2D eigenvalue weighted by atomic mass is 10.2. The molecule has 2 atom stereocenters. The van der Waals surface area contributed by atoms with Crippen LogP contribution in [-0.4, -0.2) is 53.4 Å². The standard InChI is InChI=1S/C9H16N2O6/c1-5(13)17-4-6(3-12)11-9(16)7(10)2-8(14)15/h6-7,12H,2-4,10H2,1H3,(H,11,16)(H,14,15)/t6-,7+/m0/s1. The van der Waals surface area contributed by atoms with Gasteiger partial charge >= 0.3 is 11.9 Å². The van der Waals surface area contributed by atoms with Gasteiger partial charge in [0, 0.05) is 6.92 Å². The van der Waals surface area contributed by atoms with Crippen molar-refractivity contribution in [3.05, 3.63) is 0 Å². The molecule has 0 aromatic carbocycles. The molecule has 0 fully saturated rings. The molecule has 0 aromatic heterocycles. The first kappa shape index (κ1) is 15.3. The van der Waals surface area contributed by atoms with Crippen molar-refractivity contribution in [2.24, 2.45) is 5.73 Å². The van der Waals surface area contributed by atoms with Gasteiger partial charge in [-0.1, -0.05) is 0 Å². The number of hydrogen-bond acceptors (Lipinski definition) is 6.